The zero-order valence-corrected chi connectivity index (χ0v) is 26.3. The van der Waals surface area contributed by atoms with Gasteiger partial charge in [-0.25, -0.2) is 0 Å². The maximum absolute atomic E-state index is 14.1. The number of pyridine rings is 1. The molecular weight excluding hydrogens is 599 g/mol. The van der Waals surface area contributed by atoms with Crippen LogP contribution in [0.25, 0.3) is 10.8 Å². The molecule has 0 bridgehead atoms. The number of fused-ring (bicyclic) bond motifs is 1. The highest BCUT2D eigenvalue weighted by Crippen LogP contribution is 3.00. The van der Waals surface area contributed by atoms with Gasteiger partial charge in [-0.1, -0.05) is 31.9 Å². The number of hydrogen-bond donors (Lipinski definition) is 2. The van der Waals surface area contributed by atoms with E-state index in [2.05, 4.69) is 28.2 Å². The van der Waals surface area contributed by atoms with Gasteiger partial charge in [-0.3, -0.25) is 19.4 Å². The predicted molar refractivity (Wildman–Crippen MR) is 160 cm³/mol. The quantitative estimate of drug-likeness (QED) is 0.405. The van der Waals surface area contributed by atoms with Crippen LogP contribution in [0.5, 0.6) is 0 Å². The third-order valence-corrected chi connectivity index (χ3v) is 11.0. The monoisotopic (exact) mass is 635 g/mol. The van der Waals surface area contributed by atoms with E-state index in [1.54, 1.807) is 26.2 Å². The SMILES string of the molecule is CC#Cc1cccc2cncc(CC(C#N)NC(=O)[C@H]3N(C(=O)[C@@H](NC(=O)C(F)(F)F)[C@@H](C)OC4(C)CC4)CC45CC34C5(C)C)c12. The summed E-state index contributed by atoms with van der Waals surface area (Å²) in [5.74, 6) is 2.34. The lowest BCUT2D eigenvalue weighted by Gasteiger charge is -2.41. The lowest BCUT2D eigenvalue weighted by atomic mass is 9.80. The molecule has 4 fully saturated rings. The zero-order chi connectivity index (χ0) is 33.4. The molecule has 46 heavy (non-hydrogen) atoms. The molecule has 12 heteroatoms. The number of alkyl halides is 3. The Hall–Kier alpha value is -4.16. The summed E-state index contributed by atoms with van der Waals surface area (Å²) < 4.78 is 46.0. The summed E-state index contributed by atoms with van der Waals surface area (Å²) in [5.41, 5.74) is -0.345. The minimum Gasteiger partial charge on any atom is -0.370 e. The first-order chi connectivity index (χ1) is 21.6. The Labute approximate surface area is 265 Å². The van der Waals surface area contributed by atoms with Gasteiger partial charge >= 0.3 is 12.1 Å². The van der Waals surface area contributed by atoms with Gasteiger partial charge in [-0.15, -0.1) is 5.92 Å². The Kier molecular flexibility index (Phi) is 7.21. The van der Waals surface area contributed by atoms with Gasteiger partial charge in [-0.2, -0.15) is 18.4 Å². The second-order valence-corrected chi connectivity index (χ2v) is 13.9. The van der Waals surface area contributed by atoms with Crippen LogP contribution in [0.15, 0.2) is 30.6 Å². The van der Waals surface area contributed by atoms with Crippen molar-refractivity contribution in [3.8, 4) is 17.9 Å². The minimum absolute atomic E-state index is 0.116. The first-order valence-corrected chi connectivity index (χ1v) is 15.4. The molecular formula is C34H36F3N5O4. The van der Waals surface area contributed by atoms with Gasteiger partial charge in [0.25, 0.3) is 0 Å². The highest BCUT2D eigenvalue weighted by atomic mass is 19.4. The summed E-state index contributed by atoms with van der Waals surface area (Å²) in [6, 6.07) is 4.08. The van der Waals surface area contributed by atoms with Crippen molar-refractivity contribution in [2.45, 2.75) is 96.3 Å². The summed E-state index contributed by atoms with van der Waals surface area (Å²) in [6.45, 7) is 9.16. The number of amides is 3. The van der Waals surface area contributed by atoms with E-state index in [-0.39, 0.29) is 23.8 Å². The molecule has 1 saturated heterocycles. The van der Waals surface area contributed by atoms with Crippen molar-refractivity contribution in [1.82, 2.24) is 20.5 Å². The number of ether oxygens (including phenoxy) is 1. The number of benzene rings is 1. The molecule has 9 nitrogen and oxygen atoms in total. The van der Waals surface area contributed by atoms with E-state index < -0.39 is 59.1 Å². The molecule has 1 aromatic carbocycles. The standard InChI is InChI=1S/C34H36F3N5O4/c1-6-8-20-9-7-10-21-15-39-16-22(24(20)21)13-23(14-38)40-27(43)26-33-17-32(33,30(33,3)4)18-42(26)28(44)25(41-29(45)34(35,36)37)19(2)46-31(5)11-12-31/h7,9-10,15-16,19,23,25-26H,11-13,17-18H2,1-5H3,(H,40,43)(H,41,45)/t19-,23?,25+,26-,32?,33?/m1/s1. The van der Waals surface area contributed by atoms with Crippen LogP contribution in [0.1, 0.15) is 65.0 Å². The van der Waals surface area contributed by atoms with Crippen molar-refractivity contribution >= 4 is 28.5 Å². The number of halogens is 3. The second-order valence-electron chi connectivity index (χ2n) is 13.9. The van der Waals surface area contributed by atoms with Crippen LogP contribution in [0.3, 0.4) is 0 Å². The number of carbonyl (C=O) groups is 3. The molecule has 3 saturated carbocycles. The van der Waals surface area contributed by atoms with Crippen molar-refractivity contribution in [1.29, 1.82) is 5.26 Å². The van der Waals surface area contributed by atoms with Crippen molar-refractivity contribution in [2.75, 3.05) is 6.54 Å². The number of piperidine rings is 2. The molecule has 4 aliphatic rings. The number of aromatic nitrogens is 1. The summed E-state index contributed by atoms with van der Waals surface area (Å²) in [4.78, 5) is 45.9. The van der Waals surface area contributed by atoms with E-state index >= 15 is 0 Å². The van der Waals surface area contributed by atoms with Crippen molar-refractivity contribution < 1.29 is 32.3 Å². The lowest BCUT2D eigenvalue weighted by Crippen LogP contribution is -2.63. The first-order valence-electron chi connectivity index (χ1n) is 15.4. The van der Waals surface area contributed by atoms with E-state index in [1.165, 1.54) is 11.8 Å². The molecule has 1 aliphatic heterocycles. The average Bonchev–Trinajstić information content (AvgIpc) is 3.92. The van der Waals surface area contributed by atoms with Crippen LogP contribution >= 0.6 is 0 Å². The Morgan fingerprint density at radius 1 is 1.17 bits per heavy atom. The predicted octanol–water partition coefficient (Wildman–Crippen LogP) is 3.79. The fraction of sp³-hybridized carbons (Fsp3) is 0.559. The average molecular weight is 636 g/mol. The van der Waals surface area contributed by atoms with Gasteiger partial charge in [0.1, 0.15) is 18.1 Å². The van der Waals surface area contributed by atoms with Gasteiger partial charge in [-0.05, 0) is 57.1 Å². The Morgan fingerprint density at radius 2 is 1.89 bits per heavy atom. The number of nitriles is 1. The summed E-state index contributed by atoms with van der Waals surface area (Å²) in [7, 11) is 0. The summed E-state index contributed by atoms with van der Waals surface area (Å²) in [5, 5.41) is 16.5. The normalized spacial score (nSPS) is 27.9. The van der Waals surface area contributed by atoms with Crippen LogP contribution in [-0.4, -0.2) is 70.2 Å². The Bertz CT molecular complexity index is 1750. The molecule has 6 rings (SSSR count). The Morgan fingerprint density at radius 3 is 2.50 bits per heavy atom. The third-order valence-electron chi connectivity index (χ3n) is 11.0. The molecule has 242 valence electrons. The number of hydrogen-bond acceptors (Lipinski definition) is 6. The number of rotatable bonds is 9. The molecule has 3 aliphatic carbocycles. The Balaban J connectivity index is 1.28. The summed E-state index contributed by atoms with van der Waals surface area (Å²) >= 11 is 0. The van der Waals surface area contributed by atoms with Gasteiger partial charge in [0.15, 0.2) is 0 Å². The smallest absolute Gasteiger partial charge is 0.370 e. The van der Waals surface area contributed by atoms with Crippen molar-refractivity contribution in [3.63, 3.8) is 0 Å². The van der Waals surface area contributed by atoms with Gasteiger partial charge in [0.2, 0.25) is 11.8 Å². The maximum Gasteiger partial charge on any atom is 0.471 e. The van der Waals surface area contributed by atoms with Crippen LogP contribution in [0.2, 0.25) is 0 Å². The highest BCUT2D eigenvalue weighted by Gasteiger charge is 3.02. The van der Waals surface area contributed by atoms with E-state index in [4.69, 9.17) is 4.74 Å². The topological polar surface area (TPSA) is 124 Å². The molecule has 2 heterocycles. The number of nitrogens with zero attached hydrogens (tertiary/aromatic N) is 3. The third kappa shape index (κ3) is 4.72. The molecule has 0 radical (unpaired) electrons. The van der Waals surface area contributed by atoms with Crippen LogP contribution < -0.4 is 10.6 Å². The molecule has 6 atom stereocenters. The number of carbonyl (C=O) groups excluding carboxylic acids is 3. The second kappa shape index (κ2) is 10.4. The van der Waals surface area contributed by atoms with Gasteiger partial charge in [0.05, 0.1) is 17.8 Å². The van der Waals surface area contributed by atoms with E-state index in [1.807, 2.05) is 37.4 Å². The van der Waals surface area contributed by atoms with E-state index in [9.17, 15) is 32.8 Å². The van der Waals surface area contributed by atoms with Gasteiger partial charge < -0.3 is 20.3 Å². The van der Waals surface area contributed by atoms with E-state index in [0.29, 0.717) is 24.8 Å². The van der Waals surface area contributed by atoms with Gasteiger partial charge in [0, 0.05) is 52.5 Å². The fourth-order valence-corrected chi connectivity index (χ4v) is 8.17. The molecule has 0 spiro atoms. The fourth-order valence-electron chi connectivity index (χ4n) is 8.17. The van der Waals surface area contributed by atoms with Crippen molar-refractivity contribution in [3.05, 3.63) is 41.7 Å². The summed E-state index contributed by atoms with van der Waals surface area (Å²) in [6.07, 6.45) is -0.819. The lowest BCUT2D eigenvalue weighted by molar-refractivity contribution is -0.177. The largest absolute Gasteiger partial charge is 0.471 e. The zero-order valence-electron chi connectivity index (χ0n) is 26.3. The molecule has 3 amide bonds. The maximum atomic E-state index is 14.1. The number of likely N-dealkylation sites (tertiary alicyclic amines) is 1. The van der Waals surface area contributed by atoms with Crippen LogP contribution in [-0.2, 0) is 25.5 Å². The highest BCUT2D eigenvalue weighted by molar-refractivity contribution is 5.97. The van der Waals surface area contributed by atoms with Crippen LogP contribution in [0.4, 0.5) is 13.2 Å². The van der Waals surface area contributed by atoms with Crippen LogP contribution in [0, 0.1) is 39.4 Å². The minimum atomic E-state index is -5.22. The molecule has 1 aromatic heterocycles. The molecule has 2 N–H and O–H groups in total. The van der Waals surface area contributed by atoms with Crippen molar-refractivity contribution in [2.24, 2.45) is 16.2 Å². The van der Waals surface area contributed by atoms with E-state index in [0.717, 1.165) is 16.3 Å². The molecule has 2 aromatic rings. The molecule has 3 unspecified atom stereocenters. The number of nitrogens with one attached hydrogen (secondary N) is 2. The first kappa shape index (κ1) is 31.8.